The number of hydrogen-bond donors (Lipinski definition) is 3. The van der Waals surface area contributed by atoms with Crippen molar-refractivity contribution in [2.75, 3.05) is 38.0 Å². The molecule has 3 N–H and O–H groups in total. The van der Waals surface area contributed by atoms with Crippen LogP contribution in [0.2, 0.25) is 5.02 Å². The van der Waals surface area contributed by atoms with Gasteiger partial charge < -0.3 is 19.9 Å². The number of rotatable bonds is 7. The third-order valence-electron chi connectivity index (χ3n) is 4.80. The summed E-state index contributed by atoms with van der Waals surface area (Å²) in [6, 6.07) is 14.1. The largest absolute Gasteiger partial charge is 0.433 e. The molecule has 2 aromatic carbocycles. The van der Waals surface area contributed by atoms with E-state index in [4.69, 9.17) is 11.6 Å². The van der Waals surface area contributed by atoms with E-state index in [1.165, 1.54) is 21.4 Å². The van der Waals surface area contributed by atoms with Crippen LogP contribution in [-0.2, 0) is 11.3 Å². The van der Waals surface area contributed by atoms with Gasteiger partial charge >= 0.3 is 6.61 Å². The number of amides is 1. The van der Waals surface area contributed by atoms with Crippen molar-refractivity contribution in [3.63, 3.8) is 0 Å². The van der Waals surface area contributed by atoms with E-state index < -0.39 is 6.61 Å². The first kappa shape index (κ1) is 20.5. The molecular formula is C20H24ClF2N3O2+2. The number of anilines is 1. The molecule has 0 radical (unpaired) electrons. The maximum Gasteiger partial charge on any atom is 0.387 e. The minimum Gasteiger partial charge on any atom is -0.433 e. The summed E-state index contributed by atoms with van der Waals surface area (Å²) >= 11 is 6.04. The fourth-order valence-corrected chi connectivity index (χ4v) is 3.65. The van der Waals surface area contributed by atoms with Gasteiger partial charge in [0.1, 0.15) is 38.5 Å². The molecule has 0 spiro atoms. The molecule has 0 aliphatic carbocycles. The van der Waals surface area contributed by atoms with Crippen LogP contribution in [0.15, 0.2) is 48.5 Å². The van der Waals surface area contributed by atoms with Crippen molar-refractivity contribution in [2.45, 2.75) is 13.2 Å². The van der Waals surface area contributed by atoms with E-state index >= 15 is 0 Å². The Morgan fingerprint density at radius 3 is 2.50 bits per heavy atom. The molecule has 0 atom stereocenters. The van der Waals surface area contributed by atoms with E-state index in [1.54, 1.807) is 18.2 Å². The monoisotopic (exact) mass is 411 g/mol. The highest BCUT2D eigenvalue weighted by molar-refractivity contribution is 6.30. The van der Waals surface area contributed by atoms with E-state index in [-0.39, 0.29) is 17.3 Å². The van der Waals surface area contributed by atoms with Crippen LogP contribution < -0.4 is 19.9 Å². The van der Waals surface area contributed by atoms with Crippen molar-refractivity contribution in [3.8, 4) is 5.75 Å². The molecule has 0 unspecified atom stereocenters. The number of nitrogens with one attached hydrogen (secondary N) is 3. The molecule has 3 rings (SSSR count). The summed E-state index contributed by atoms with van der Waals surface area (Å²) in [5.74, 6) is -0.241. The van der Waals surface area contributed by atoms with Gasteiger partial charge in [-0.15, -0.1) is 0 Å². The van der Waals surface area contributed by atoms with Gasteiger partial charge in [0.15, 0.2) is 6.54 Å². The number of benzene rings is 2. The Bertz CT molecular complexity index is 799. The first-order valence-corrected chi connectivity index (χ1v) is 9.62. The molecule has 28 heavy (non-hydrogen) atoms. The molecule has 0 saturated carbocycles. The number of hydrogen-bond acceptors (Lipinski definition) is 2. The maximum absolute atomic E-state index is 12.5. The number of ether oxygens (including phenoxy) is 1. The molecule has 0 aromatic heterocycles. The van der Waals surface area contributed by atoms with Gasteiger partial charge in [0.25, 0.3) is 5.91 Å². The van der Waals surface area contributed by atoms with Crippen molar-refractivity contribution < 1.29 is 28.1 Å². The molecule has 1 heterocycles. The molecule has 8 heteroatoms. The third-order valence-corrected chi connectivity index (χ3v) is 5.03. The Morgan fingerprint density at radius 2 is 1.79 bits per heavy atom. The van der Waals surface area contributed by atoms with Gasteiger partial charge in [-0.2, -0.15) is 8.78 Å². The molecule has 1 saturated heterocycles. The van der Waals surface area contributed by atoms with E-state index in [1.807, 2.05) is 18.2 Å². The lowest BCUT2D eigenvalue weighted by Crippen LogP contribution is -3.28. The zero-order chi connectivity index (χ0) is 19.9. The van der Waals surface area contributed by atoms with E-state index in [0.717, 1.165) is 37.7 Å². The molecular weight excluding hydrogens is 388 g/mol. The highest BCUT2D eigenvalue weighted by Gasteiger charge is 2.25. The average molecular weight is 412 g/mol. The van der Waals surface area contributed by atoms with Gasteiger partial charge in [-0.25, -0.2) is 0 Å². The predicted molar refractivity (Wildman–Crippen MR) is 103 cm³/mol. The summed E-state index contributed by atoms with van der Waals surface area (Å²) in [5.41, 5.74) is 1.47. The summed E-state index contributed by atoms with van der Waals surface area (Å²) < 4.78 is 29.4. The van der Waals surface area contributed by atoms with Crippen molar-refractivity contribution in [2.24, 2.45) is 0 Å². The molecule has 1 amide bonds. The molecule has 2 aromatic rings. The number of carbonyl (C=O) groups excluding carboxylic acids is 1. The second-order valence-electron chi connectivity index (χ2n) is 6.91. The molecule has 150 valence electrons. The first-order chi connectivity index (χ1) is 13.5. The standard InChI is InChI=1S/C20H22ClF2N3O2/c21-16-5-3-4-15(12-16)13-25-8-10-26(11-9-25)14-19(27)24-17-6-1-2-7-18(17)28-20(22)23/h1-7,12,20H,8-11,13-14H2,(H,24,27)/p+2. The van der Waals surface area contributed by atoms with Crippen molar-refractivity contribution in [1.29, 1.82) is 0 Å². The van der Waals surface area contributed by atoms with Crippen molar-refractivity contribution in [1.82, 2.24) is 0 Å². The Morgan fingerprint density at radius 1 is 1.07 bits per heavy atom. The Hall–Kier alpha value is -2.22. The van der Waals surface area contributed by atoms with Crippen LogP contribution in [0.25, 0.3) is 0 Å². The van der Waals surface area contributed by atoms with Gasteiger partial charge in [0.05, 0.1) is 5.69 Å². The Balaban J connectivity index is 1.46. The highest BCUT2D eigenvalue weighted by Crippen LogP contribution is 2.25. The van der Waals surface area contributed by atoms with E-state index in [9.17, 15) is 13.6 Å². The van der Waals surface area contributed by atoms with Crippen molar-refractivity contribution >= 4 is 23.2 Å². The van der Waals surface area contributed by atoms with Crippen LogP contribution in [0, 0.1) is 0 Å². The summed E-state index contributed by atoms with van der Waals surface area (Å²) in [5, 5.41) is 3.43. The smallest absolute Gasteiger partial charge is 0.387 e. The fourth-order valence-electron chi connectivity index (χ4n) is 3.44. The van der Waals surface area contributed by atoms with Gasteiger partial charge in [0, 0.05) is 10.6 Å². The summed E-state index contributed by atoms with van der Waals surface area (Å²) in [4.78, 5) is 15.0. The van der Waals surface area contributed by atoms with Crippen LogP contribution in [0.1, 0.15) is 5.56 Å². The minimum atomic E-state index is -2.93. The molecule has 1 aliphatic rings. The zero-order valence-electron chi connectivity index (χ0n) is 15.4. The predicted octanol–water partition coefficient (Wildman–Crippen LogP) is 0.864. The average Bonchev–Trinajstić information content (AvgIpc) is 2.65. The van der Waals surface area contributed by atoms with Crippen LogP contribution in [0.5, 0.6) is 5.75 Å². The van der Waals surface area contributed by atoms with Crippen molar-refractivity contribution in [3.05, 3.63) is 59.1 Å². The maximum atomic E-state index is 12.5. The zero-order valence-corrected chi connectivity index (χ0v) is 16.1. The van der Waals surface area contributed by atoms with Gasteiger partial charge in [-0.1, -0.05) is 35.9 Å². The lowest BCUT2D eigenvalue weighted by Gasteiger charge is -2.29. The molecule has 5 nitrogen and oxygen atoms in total. The number of carbonyl (C=O) groups is 1. The van der Waals surface area contributed by atoms with E-state index in [2.05, 4.69) is 16.1 Å². The highest BCUT2D eigenvalue weighted by atomic mass is 35.5. The molecule has 0 bridgehead atoms. The molecule has 1 fully saturated rings. The second-order valence-corrected chi connectivity index (χ2v) is 7.34. The number of piperazine rings is 1. The van der Waals surface area contributed by atoms with Gasteiger partial charge in [-0.3, -0.25) is 4.79 Å². The number of halogens is 3. The lowest BCUT2D eigenvalue weighted by molar-refractivity contribution is -1.02. The first-order valence-electron chi connectivity index (χ1n) is 9.25. The van der Waals surface area contributed by atoms with Gasteiger partial charge in [0.2, 0.25) is 0 Å². The van der Waals surface area contributed by atoms with Gasteiger partial charge in [-0.05, 0) is 24.3 Å². The topological polar surface area (TPSA) is 47.2 Å². The number of quaternary nitrogens is 2. The third kappa shape index (κ3) is 6.15. The normalized spacial score (nSPS) is 19.4. The quantitative estimate of drug-likeness (QED) is 0.633. The summed E-state index contributed by atoms with van der Waals surface area (Å²) in [6.07, 6.45) is 0. The van der Waals surface area contributed by atoms with Crippen LogP contribution in [0.3, 0.4) is 0 Å². The van der Waals surface area contributed by atoms with Crippen LogP contribution >= 0.6 is 11.6 Å². The lowest BCUT2D eigenvalue weighted by atomic mass is 10.2. The second kappa shape index (κ2) is 9.82. The Labute approximate surface area is 167 Å². The molecule has 1 aliphatic heterocycles. The fraction of sp³-hybridized carbons (Fsp3) is 0.350. The van der Waals surface area contributed by atoms with Crippen LogP contribution in [-0.4, -0.2) is 45.2 Å². The Kier molecular flexibility index (Phi) is 7.19. The summed E-state index contributed by atoms with van der Waals surface area (Å²) in [7, 11) is 0. The number of alkyl halides is 2. The van der Waals surface area contributed by atoms with E-state index in [0.29, 0.717) is 6.54 Å². The number of para-hydroxylation sites is 2. The SMILES string of the molecule is O=C(C[NH+]1CC[NH+](Cc2cccc(Cl)c2)CC1)Nc1ccccc1OC(F)F. The minimum absolute atomic E-state index is 0.0309. The summed E-state index contributed by atoms with van der Waals surface area (Å²) in [6.45, 7) is 1.95. The van der Waals surface area contributed by atoms with Crippen LogP contribution in [0.4, 0.5) is 14.5 Å².